The van der Waals surface area contributed by atoms with Gasteiger partial charge in [0.05, 0.1) is 6.04 Å². The summed E-state index contributed by atoms with van der Waals surface area (Å²) in [7, 11) is 0. The highest BCUT2D eigenvalue weighted by Crippen LogP contribution is 2.18. The van der Waals surface area contributed by atoms with Crippen LogP contribution in [0.25, 0.3) is 0 Å². The molecule has 0 fully saturated rings. The quantitative estimate of drug-likeness (QED) is 0.749. The smallest absolute Gasteiger partial charge is 0.141 e. The number of aromatic amines is 1. The van der Waals surface area contributed by atoms with E-state index in [1.807, 2.05) is 26.0 Å². The average molecular weight is 232 g/mol. The first kappa shape index (κ1) is 11.6. The topological polar surface area (TPSA) is 73.8 Å². The molecule has 0 saturated heterocycles. The molecule has 1 aromatic carbocycles. The van der Waals surface area contributed by atoms with Crippen molar-refractivity contribution >= 4 is 0 Å². The van der Waals surface area contributed by atoms with Gasteiger partial charge in [0, 0.05) is 12.1 Å². The lowest BCUT2D eigenvalue weighted by Gasteiger charge is -2.12. The molecule has 0 radical (unpaired) electrons. The number of nitrogens with one attached hydrogen (secondary N) is 2. The third-order valence-corrected chi connectivity index (χ3v) is 2.68. The summed E-state index contributed by atoms with van der Waals surface area (Å²) in [6.45, 7) is 4.59. The highest BCUT2D eigenvalue weighted by molar-refractivity contribution is 5.35. The molecule has 0 bridgehead atoms. The minimum absolute atomic E-state index is 0.0670. The molecule has 17 heavy (non-hydrogen) atoms. The van der Waals surface area contributed by atoms with Crippen LogP contribution >= 0.6 is 0 Å². The molecule has 1 heterocycles. The Kier molecular flexibility index (Phi) is 3.39. The van der Waals surface area contributed by atoms with E-state index in [2.05, 4.69) is 20.5 Å². The summed E-state index contributed by atoms with van der Waals surface area (Å²) in [5.74, 6) is 1.10. The molecule has 1 atom stereocenters. The summed E-state index contributed by atoms with van der Waals surface area (Å²) in [6, 6.07) is 5.64. The average Bonchev–Trinajstić information content (AvgIpc) is 2.83. The van der Waals surface area contributed by atoms with Gasteiger partial charge in [0.25, 0.3) is 0 Å². The third-order valence-electron chi connectivity index (χ3n) is 2.68. The second kappa shape index (κ2) is 4.97. The molecule has 1 unspecified atom stereocenters. The van der Waals surface area contributed by atoms with Gasteiger partial charge in [-0.15, -0.1) is 0 Å². The van der Waals surface area contributed by atoms with E-state index in [9.17, 15) is 5.11 Å². The number of H-pyrrole nitrogens is 1. The largest absolute Gasteiger partial charge is 0.508 e. The predicted molar refractivity (Wildman–Crippen MR) is 64.5 cm³/mol. The molecule has 5 nitrogen and oxygen atoms in total. The van der Waals surface area contributed by atoms with Gasteiger partial charge in [-0.2, -0.15) is 5.10 Å². The van der Waals surface area contributed by atoms with Crippen LogP contribution in [-0.4, -0.2) is 20.3 Å². The van der Waals surface area contributed by atoms with Crippen LogP contribution in [-0.2, 0) is 6.54 Å². The number of aromatic hydroxyl groups is 1. The Balaban J connectivity index is 2.00. The van der Waals surface area contributed by atoms with Gasteiger partial charge in [-0.25, -0.2) is 4.98 Å². The molecule has 90 valence electrons. The van der Waals surface area contributed by atoms with Crippen LogP contribution in [0.1, 0.15) is 29.9 Å². The van der Waals surface area contributed by atoms with Crippen LogP contribution in [0.5, 0.6) is 5.75 Å². The van der Waals surface area contributed by atoms with Crippen LogP contribution < -0.4 is 5.32 Å². The van der Waals surface area contributed by atoms with Crippen LogP contribution in [0.3, 0.4) is 0 Å². The van der Waals surface area contributed by atoms with E-state index in [1.165, 1.54) is 6.33 Å². The lowest BCUT2D eigenvalue weighted by Crippen LogP contribution is -2.19. The number of aromatic nitrogens is 3. The molecule has 0 aliphatic heterocycles. The van der Waals surface area contributed by atoms with E-state index in [1.54, 1.807) is 6.07 Å². The summed E-state index contributed by atoms with van der Waals surface area (Å²) in [5.41, 5.74) is 2.02. The van der Waals surface area contributed by atoms with Crippen molar-refractivity contribution in [3.63, 3.8) is 0 Å². The summed E-state index contributed by atoms with van der Waals surface area (Å²) in [6.07, 6.45) is 1.48. The number of phenols is 1. The summed E-state index contributed by atoms with van der Waals surface area (Å²) >= 11 is 0. The zero-order chi connectivity index (χ0) is 12.3. The second-order valence-corrected chi connectivity index (χ2v) is 4.11. The Morgan fingerprint density at radius 2 is 2.29 bits per heavy atom. The fourth-order valence-corrected chi connectivity index (χ4v) is 1.64. The van der Waals surface area contributed by atoms with Crippen LogP contribution in [0.15, 0.2) is 24.5 Å². The minimum atomic E-state index is 0.0670. The van der Waals surface area contributed by atoms with Gasteiger partial charge in [0.2, 0.25) is 0 Å². The van der Waals surface area contributed by atoms with Crippen molar-refractivity contribution in [2.24, 2.45) is 0 Å². The molecule has 5 heteroatoms. The molecule has 2 aromatic rings. The molecular weight excluding hydrogens is 216 g/mol. The van der Waals surface area contributed by atoms with Crippen LogP contribution in [0.2, 0.25) is 0 Å². The van der Waals surface area contributed by atoms with E-state index in [4.69, 9.17) is 0 Å². The van der Waals surface area contributed by atoms with E-state index in [0.29, 0.717) is 12.3 Å². The van der Waals surface area contributed by atoms with Crippen LogP contribution in [0.4, 0.5) is 0 Å². The minimum Gasteiger partial charge on any atom is -0.508 e. The normalized spacial score (nSPS) is 12.6. The molecule has 2 rings (SSSR count). The first-order chi connectivity index (χ1) is 8.16. The van der Waals surface area contributed by atoms with Gasteiger partial charge >= 0.3 is 0 Å². The number of nitrogens with zero attached hydrogens (tertiary/aromatic N) is 2. The number of phenolic OH excluding ortho intramolecular Hbond substituents is 1. The highest BCUT2D eigenvalue weighted by atomic mass is 16.3. The van der Waals surface area contributed by atoms with Crippen LogP contribution in [0, 0.1) is 6.92 Å². The molecule has 0 amide bonds. The van der Waals surface area contributed by atoms with Crippen molar-refractivity contribution in [3.05, 3.63) is 41.5 Å². The molecule has 0 aliphatic rings. The van der Waals surface area contributed by atoms with Crippen molar-refractivity contribution in [3.8, 4) is 5.75 Å². The summed E-state index contributed by atoms with van der Waals surface area (Å²) in [4.78, 5) is 4.08. The van der Waals surface area contributed by atoms with E-state index < -0.39 is 0 Å². The highest BCUT2D eigenvalue weighted by Gasteiger charge is 2.08. The van der Waals surface area contributed by atoms with Crippen molar-refractivity contribution in [2.75, 3.05) is 0 Å². The van der Waals surface area contributed by atoms with Crippen molar-refractivity contribution in [2.45, 2.75) is 26.4 Å². The van der Waals surface area contributed by atoms with Gasteiger partial charge < -0.3 is 10.4 Å². The fraction of sp³-hybridized carbons (Fsp3) is 0.333. The summed E-state index contributed by atoms with van der Waals surface area (Å²) < 4.78 is 0. The molecule has 0 aliphatic carbocycles. The second-order valence-electron chi connectivity index (χ2n) is 4.11. The van der Waals surface area contributed by atoms with Gasteiger partial charge in [-0.3, -0.25) is 5.10 Å². The number of rotatable bonds is 4. The van der Waals surface area contributed by atoms with Crippen molar-refractivity contribution < 1.29 is 5.11 Å². The number of hydrogen-bond donors (Lipinski definition) is 3. The first-order valence-corrected chi connectivity index (χ1v) is 5.54. The Labute approximate surface area is 99.9 Å². The fourth-order valence-electron chi connectivity index (χ4n) is 1.64. The van der Waals surface area contributed by atoms with E-state index in [0.717, 1.165) is 17.0 Å². The maximum Gasteiger partial charge on any atom is 0.141 e. The lowest BCUT2D eigenvalue weighted by molar-refractivity contribution is 0.458. The van der Waals surface area contributed by atoms with E-state index in [-0.39, 0.29) is 6.04 Å². The Hall–Kier alpha value is -1.88. The standard InChI is InChI=1S/C12H16N4O/c1-8-3-4-11(17)10(5-8)6-13-9(2)12-14-7-15-16-12/h3-5,7,9,13,17H,6H2,1-2H3,(H,14,15,16). The maximum absolute atomic E-state index is 9.70. The molecule has 0 saturated carbocycles. The Bertz CT molecular complexity index is 481. The predicted octanol–water partition coefficient (Wildman–Crippen LogP) is 1.67. The lowest BCUT2D eigenvalue weighted by atomic mass is 10.1. The van der Waals surface area contributed by atoms with Crippen molar-refractivity contribution in [1.29, 1.82) is 0 Å². The zero-order valence-corrected chi connectivity index (χ0v) is 9.94. The molecular formula is C12H16N4O. The van der Waals surface area contributed by atoms with E-state index >= 15 is 0 Å². The Morgan fingerprint density at radius 1 is 1.47 bits per heavy atom. The number of benzene rings is 1. The third kappa shape index (κ3) is 2.82. The summed E-state index contributed by atoms with van der Waals surface area (Å²) in [5, 5.41) is 19.6. The number of aryl methyl sites for hydroxylation is 1. The first-order valence-electron chi connectivity index (χ1n) is 5.54. The number of hydrogen-bond acceptors (Lipinski definition) is 4. The molecule has 1 aromatic heterocycles. The van der Waals surface area contributed by atoms with Crippen molar-refractivity contribution in [1.82, 2.24) is 20.5 Å². The molecule has 3 N–H and O–H groups in total. The molecule has 0 spiro atoms. The van der Waals surface area contributed by atoms with Gasteiger partial charge in [-0.1, -0.05) is 17.7 Å². The maximum atomic E-state index is 9.70. The zero-order valence-electron chi connectivity index (χ0n) is 9.94. The monoisotopic (exact) mass is 232 g/mol. The SMILES string of the molecule is Cc1ccc(O)c(CNC(C)c2ncn[nH]2)c1. The Morgan fingerprint density at radius 3 is 3.00 bits per heavy atom. The van der Waals surface area contributed by atoms with Gasteiger partial charge in [0.1, 0.15) is 17.9 Å². The van der Waals surface area contributed by atoms with Gasteiger partial charge in [-0.05, 0) is 19.9 Å². The van der Waals surface area contributed by atoms with Gasteiger partial charge in [0.15, 0.2) is 0 Å².